The maximum atomic E-state index is 12.5. The van der Waals surface area contributed by atoms with E-state index in [1.54, 1.807) is 0 Å². The van der Waals surface area contributed by atoms with Gasteiger partial charge in [0.15, 0.2) is 5.78 Å². The van der Waals surface area contributed by atoms with Gasteiger partial charge in [0.1, 0.15) is 5.75 Å². The molecule has 0 spiro atoms. The first kappa shape index (κ1) is 14.1. The molecule has 3 nitrogen and oxygen atoms in total. The number of hydrogen-bond acceptors (Lipinski definition) is 3. The van der Waals surface area contributed by atoms with Crippen molar-refractivity contribution in [3.05, 3.63) is 28.8 Å². The minimum atomic E-state index is -0.00531. The molecule has 1 heterocycles. The zero-order valence-electron chi connectivity index (χ0n) is 12.2. The van der Waals surface area contributed by atoms with Crippen molar-refractivity contribution in [3.63, 3.8) is 0 Å². The normalized spacial score (nSPS) is 18.9. The highest BCUT2D eigenvalue weighted by molar-refractivity contribution is 6.02. The molecule has 0 radical (unpaired) electrons. The van der Waals surface area contributed by atoms with Crippen molar-refractivity contribution in [2.75, 3.05) is 6.54 Å². The molecule has 104 valence electrons. The SMILES string of the molecule is Cc1cc(OC(C)C)cc(C)c1C(=O)C1CCCN1. The summed E-state index contributed by atoms with van der Waals surface area (Å²) in [6.07, 6.45) is 2.18. The molecule has 1 fully saturated rings. The van der Waals surface area contributed by atoms with E-state index in [1.807, 2.05) is 39.8 Å². The number of aryl methyl sites for hydroxylation is 2. The number of ketones is 1. The number of ether oxygens (including phenoxy) is 1. The van der Waals surface area contributed by atoms with Crippen molar-refractivity contribution in [1.82, 2.24) is 5.32 Å². The molecule has 1 N–H and O–H groups in total. The second-order valence-corrected chi connectivity index (χ2v) is 5.61. The van der Waals surface area contributed by atoms with Gasteiger partial charge in [0.05, 0.1) is 12.1 Å². The van der Waals surface area contributed by atoms with E-state index in [9.17, 15) is 4.79 Å². The third-order valence-corrected chi connectivity index (χ3v) is 3.50. The van der Waals surface area contributed by atoms with Gasteiger partial charge < -0.3 is 10.1 Å². The summed E-state index contributed by atoms with van der Waals surface area (Å²) in [5.74, 6) is 1.07. The molecule has 1 aliphatic heterocycles. The predicted octanol–water partition coefficient (Wildman–Crippen LogP) is 3.03. The van der Waals surface area contributed by atoms with Gasteiger partial charge in [-0.2, -0.15) is 0 Å². The van der Waals surface area contributed by atoms with Gasteiger partial charge in [-0.25, -0.2) is 0 Å². The maximum absolute atomic E-state index is 12.5. The highest BCUT2D eigenvalue weighted by atomic mass is 16.5. The lowest BCUT2D eigenvalue weighted by atomic mass is 9.94. The topological polar surface area (TPSA) is 38.3 Å². The van der Waals surface area contributed by atoms with Crippen molar-refractivity contribution >= 4 is 5.78 Å². The summed E-state index contributed by atoms with van der Waals surface area (Å²) in [6, 6.07) is 3.93. The van der Waals surface area contributed by atoms with Crippen LogP contribution in [0.5, 0.6) is 5.75 Å². The van der Waals surface area contributed by atoms with Gasteiger partial charge in [-0.1, -0.05) is 0 Å². The zero-order chi connectivity index (χ0) is 14.0. The molecule has 0 amide bonds. The quantitative estimate of drug-likeness (QED) is 0.847. The van der Waals surface area contributed by atoms with Crippen LogP contribution < -0.4 is 10.1 Å². The van der Waals surface area contributed by atoms with E-state index in [0.717, 1.165) is 41.8 Å². The van der Waals surface area contributed by atoms with Crippen molar-refractivity contribution < 1.29 is 9.53 Å². The second kappa shape index (κ2) is 5.74. The van der Waals surface area contributed by atoms with Gasteiger partial charge >= 0.3 is 0 Å². The molecule has 3 heteroatoms. The molecule has 0 saturated carbocycles. The van der Waals surface area contributed by atoms with Crippen LogP contribution in [0.3, 0.4) is 0 Å². The molecule has 1 saturated heterocycles. The van der Waals surface area contributed by atoms with E-state index in [4.69, 9.17) is 4.74 Å². The van der Waals surface area contributed by atoms with Crippen LogP contribution in [0.25, 0.3) is 0 Å². The van der Waals surface area contributed by atoms with E-state index in [0.29, 0.717) is 0 Å². The van der Waals surface area contributed by atoms with Gasteiger partial charge in [0.25, 0.3) is 0 Å². The third-order valence-electron chi connectivity index (χ3n) is 3.50. The third kappa shape index (κ3) is 3.16. The molecule has 0 aromatic heterocycles. The van der Waals surface area contributed by atoms with Crippen molar-refractivity contribution in [3.8, 4) is 5.75 Å². The molecule has 0 bridgehead atoms. The van der Waals surface area contributed by atoms with Crippen molar-refractivity contribution in [2.24, 2.45) is 0 Å². The summed E-state index contributed by atoms with van der Waals surface area (Å²) in [5.41, 5.74) is 2.87. The van der Waals surface area contributed by atoms with E-state index in [1.165, 1.54) is 0 Å². The van der Waals surface area contributed by atoms with E-state index in [-0.39, 0.29) is 17.9 Å². The fourth-order valence-corrected chi connectivity index (χ4v) is 2.74. The Kier molecular flexibility index (Phi) is 4.25. The summed E-state index contributed by atoms with van der Waals surface area (Å²) in [4.78, 5) is 12.5. The summed E-state index contributed by atoms with van der Waals surface area (Å²) in [7, 11) is 0. The predicted molar refractivity (Wildman–Crippen MR) is 77.0 cm³/mol. The Morgan fingerprint density at radius 1 is 1.32 bits per heavy atom. The summed E-state index contributed by atoms with van der Waals surface area (Å²) >= 11 is 0. The Morgan fingerprint density at radius 3 is 2.42 bits per heavy atom. The highest BCUT2D eigenvalue weighted by Gasteiger charge is 2.25. The van der Waals surface area contributed by atoms with Crippen LogP contribution in [0.2, 0.25) is 0 Å². The molecular formula is C16H23NO2. The summed E-state index contributed by atoms with van der Waals surface area (Å²) < 4.78 is 5.71. The molecule has 1 aromatic rings. The largest absolute Gasteiger partial charge is 0.491 e. The molecule has 2 rings (SSSR count). The molecular weight excluding hydrogens is 238 g/mol. The lowest BCUT2D eigenvalue weighted by Gasteiger charge is -2.17. The van der Waals surface area contributed by atoms with E-state index in [2.05, 4.69) is 5.32 Å². The summed E-state index contributed by atoms with van der Waals surface area (Å²) in [6.45, 7) is 8.94. The average Bonchev–Trinajstić information content (AvgIpc) is 2.79. The van der Waals surface area contributed by atoms with Gasteiger partial charge in [-0.05, 0) is 70.3 Å². The fraction of sp³-hybridized carbons (Fsp3) is 0.562. The first-order chi connectivity index (χ1) is 8.99. The second-order valence-electron chi connectivity index (χ2n) is 5.61. The first-order valence-electron chi connectivity index (χ1n) is 7.04. The highest BCUT2D eigenvalue weighted by Crippen LogP contribution is 2.25. The molecule has 1 unspecified atom stereocenters. The summed E-state index contributed by atoms with van der Waals surface area (Å²) in [5, 5.41) is 3.28. The number of hydrogen-bond donors (Lipinski definition) is 1. The molecule has 1 atom stereocenters. The van der Waals surface area contributed by atoms with Crippen LogP contribution in [0, 0.1) is 13.8 Å². The van der Waals surface area contributed by atoms with Crippen LogP contribution in [0.4, 0.5) is 0 Å². The number of Topliss-reactive ketones (excluding diaryl/α,β-unsaturated/α-hetero) is 1. The van der Waals surface area contributed by atoms with Crippen LogP contribution in [-0.4, -0.2) is 24.5 Å². The van der Waals surface area contributed by atoms with Crippen LogP contribution in [0.1, 0.15) is 48.2 Å². The number of nitrogens with one attached hydrogen (secondary N) is 1. The fourth-order valence-electron chi connectivity index (χ4n) is 2.74. The number of carbonyl (C=O) groups excluding carboxylic acids is 1. The lowest BCUT2D eigenvalue weighted by Crippen LogP contribution is -2.31. The smallest absolute Gasteiger partial charge is 0.180 e. The van der Waals surface area contributed by atoms with Crippen LogP contribution in [0.15, 0.2) is 12.1 Å². The Labute approximate surface area is 115 Å². The molecule has 1 aromatic carbocycles. The van der Waals surface area contributed by atoms with Crippen molar-refractivity contribution in [2.45, 2.75) is 52.7 Å². The van der Waals surface area contributed by atoms with Gasteiger partial charge in [-0.3, -0.25) is 4.79 Å². The Morgan fingerprint density at radius 2 is 1.95 bits per heavy atom. The maximum Gasteiger partial charge on any atom is 0.180 e. The van der Waals surface area contributed by atoms with Crippen LogP contribution >= 0.6 is 0 Å². The Bertz CT molecular complexity index is 451. The average molecular weight is 261 g/mol. The molecule has 1 aliphatic rings. The van der Waals surface area contributed by atoms with Gasteiger partial charge in [-0.15, -0.1) is 0 Å². The first-order valence-corrected chi connectivity index (χ1v) is 7.04. The number of benzene rings is 1. The van der Waals surface area contributed by atoms with Gasteiger partial charge in [0.2, 0.25) is 0 Å². The van der Waals surface area contributed by atoms with Gasteiger partial charge in [0, 0.05) is 5.56 Å². The van der Waals surface area contributed by atoms with Crippen LogP contribution in [-0.2, 0) is 0 Å². The molecule has 19 heavy (non-hydrogen) atoms. The number of rotatable bonds is 4. The monoisotopic (exact) mass is 261 g/mol. The Hall–Kier alpha value is -1.35. The standard InChI is InChI=1S/C16H23NO2/c1-10(2)19-13-8-11(3)15(12(4)9-13)16(18)14-6-5-7-17-14/h8-10,14,17H,5-7H2,1-4H3. The minimum absolute atomic E-state index is 0.00531. The van der Waals surface area contributed by atoms with E-state index < -0.39 is 0 Å². The lowest BCUT2D eigenvalue weighted by molar-refractivity contribution is 0.0951. The zero-order valence-corrected chi connectivity index (χ0v) is 12.2. The number of carbonyl (C=O) groups is 1. The minimum Gasteiger partial charge on any atom is -0.491 e. The van der Waals surface area contributed by atoms with Crippen molar-refractivity contribution in [1.29, 1.82) is 0 Å². The molecule has 0 aliphatic carbocycles. The Balaban J connectivity index is 2.28. The van der Waals surface area contributed by atoms with E-state index >= 15 is 0 Å².